The number of hydrogen-bond acceptors (Lipinski definition) is 1. The molecule has 1 aliphatic rings. The van der Waals surface area contributed by atoms with Crippen LogP contribution in [0.25, 0.3) is 0 Å². The van der Waals surface area contributed by atoms with Crippen LogP contribution in [0.3, 0.4) is 0 Å². The average molecular weight is 330 g/mol. The Morgan fingerprint density at radius 2 is 1.75 bits per heavy atom. The zero-order valence-corrected chi connectivity index (χ0v) is 13.1. The molecule has 3 heteroatoms. The molecular formula is C17H16BrNO. The second-order valence-electron chi connectivity index (χ2n) is 5.69. The normalized spacial score (nSPS) is 20.6. The Morgan fingerprint density at radius 3 is 2.40 bits per heavy atom. The summed E-state index contributed by atoms with van der Waals surface area (Å²) in [5.41, 5.74) is 1.76. The zero-order valence-electron chi connectivity index (χ0n) is 11.5. The smallest absolute Gasteiger partial charge is 0.235 e. The third-order valence-electron chi connectivity index (χ3n) is 3.91. The molecule has 1 fully saturated rings. The molecule has 0 bridgehead atoms. The van der Waals surface area contributed by atoms with E-state index in [0.717, 1.165) is 15.7 Å². The van der Waals surface area contributed by atoms with Gasteiger partial charge in [0.15, 0.2) is 0 Å². The van der Waals surface area contributed by atoms with E-state index >= 15 is 0 Å². The second-order valence-corrected chi connectivity index (χ2v) is 6.61. The summed E-state index contributed by atoms with van der Waals surface area (Å²) >= 11 is 3.51. The number of carbonyl (C=O) groups excluding carboxylic acids is 1. The predicted octanol–water partition coefficient (Wildman–Crippen LogP) is 4.56. The summed E-state index contributed by atoms with van der Waals surface area (Å²) in [6.07, 6.45) is 0. The van der Waals surface area contributed by atoms with Crippen molar-refractivity contribution in [1.82, 2.24) is 0 Å². The van der Waals surface area contributed by atoms with Gasteiger partial charge in [0.2, 0.25) is 5.91 Å². The van der Waals surface area contributed by atoms with Crippen LogP contribution in [0.15, 0.2) is 59.1 Å². The van der Waals surface area contributed by atoms with Crippen molar-refractivity contribution in [1.29, 1.82) is 0 Å². The number of amides is 1. The summed E-state index contributed by atoms with van der Waals surface area (Å²) in [5, 5.41) is 0. The van der Waals surface area contributed by atoms with Crippen molar-refractivity contribution >= 4 is 27.5 Å². The largest absolute Gasteiger partial charge is 0.303 e. The van der Waals surface area contributed by atoms with Crippen molar-refractivity contribution in [3.05, 3.63) is 64.6 Å². The van der Waals surface area contributed by atoms with Crippen LogP contribution >= 0.6 is 15.9 Å². The van der Waals surface area contributed by atoms with Crippen molar-refractivity contribution in [3.63, 3.8) is 0 Å². The summed E-state index contributed by atoms with van der Waals surface area (Å²) in [4.78, 5) is 14.4. The number of benzene rings is 2. The molecule has 1 unspecified atom stereocenters. The Morgan fingerprint density at radius 1 is 1.05 bits per heavy atom. The fourth-order valence-electron chi connectivity index (χ4n) is 2.90. The Kier molecular flexibility index (Phi) is 3.17. The number of para-hydroxylation sites is 1. The topological polar surface area (TPSA) is 20.3 Å². The second kappa shape index (κ2) is 4.74. The van der Waals surface area contributed by atoms with Gasteiger partial charge in [-0.05, 0) is 43.7 Å². The SMILES string of the molecule is CC1(C)C(=O)N(c2ccccc2)C1c1cccc(Br)c1. The van der Waals surface area contributed by atoms with Crippen LogP contribution in [-0.4, -0.2) is 5.91 Å². The molecule has 1 saturated heterocycles. The maximum absolute atomic E-state index is 12.5. The summed E-state index contributed by atoms with van der Waals surface area (Å²) in [7, 11) is 0. The summed E-state index contributed by atoms with van der Waals surface area (Å²) < 4.78 is 1.04. The average Bonchev–Trinajstić information content (AvgIpc) is 2.44. The Balaban J connectivity index is 2.05. The van der Waals surface area contributed by atoms with Crippen LogP contribution in [0, 0.1) is 5.41 Å². The van der Waals surface area contributed by atoms with Gasteiger partial charge in [-0.15, -0.1) is 0 Å². The van der Waals surface area contributed by atoms with Gasteiger partial charge < -0.3 is 4.90 Å². The summed E-state index contributed by atoms with van der Waals surface area (Å²) in [6.45, 7) is 4.03. The molecule has 1 aliphatic heterocycles. The number of anilines is 1. The number of β-lactam (4-membered cyclic amide) rings is 1. The van der Waals surface area contributed by atoms with Crippen LogP contribution in [0.1, 0.15) is 25.5 Å². The Labute approximate surface area is 127 Å². The monoisotopic (exact) mass is 329 g/mol. The minimum absolute atomic E-state index is 0.0786. The van der Waals surface area contributed by atoms with Crippen molar-refractivity contribution < 1.29 is 4.79 Å². The Hall–Kier alpha value is -1.61. The zero-order chi connectivity index (χ0) is 14.3. The van der Waals surface area contributed by atoms with Gasteiger partial charge in [-0.25, -0.2) is 0 Å². The van der Waals surface area contributed by atoms with Gasteiger partial charge in [0, 0.05) is 10.2 Å². The molecule has 1 heterocycles. The van der Waals surface area contributed by atoms with Gasteiger partial charge in [-0.2, -0.15) is 0 Å². The first-order valence-electron chi connectivity index (χ1n) is 6.66. The molecule has 1 atom stereocenters. The first-order valence-corrected chi connectivity index (χ1v) is 7.45. The van der Waals surface area contributed by atoms with E-state index < -0.39 is 0 Å². The highest BCUT2D eigenvalue weighted by atomic mass is 79.9. The van der Waals surface area contributed by atoms with E-state index in [-0.39, 0.29) is 17.4 Å². The van der Waals surface area contributed by atoms with Gasteiger partial charge in [-0.1, -0.05) is 46.3 Å². The lowest BCUT2D eigenvalue weighted by atomic mass is 9.70. The van der Waals surface area contributed by atoms with Crippen molar-refractivity contribution in [2.45, 2.75) is 19.9 Å². The number of carbonyl (C=O) groups is 1. The van der Waals surface area contributed by atoms with E-state index in [1.807, 2.05) is 61.2 Å². The van der Waals surface area contributed by atoms with E-state index in [1.54, 1.807) is 0 Å². The molecule has 0 aromatic heterocycles. The molecule has 0 radical (unpaired) electrons. The molecule has 2 nitrogen and oxygen atoms in total. The van der Waals surface area contributed by atoms with E-state index in [0.29, 0.717) is 0 Å². The summed E-state index contributed by atoms with van der Waals surface area (Å²) in [5.74, 6) is 0.175. The highest BCUT2D eigenvalue weighted by Crippen LogP contribution is 2.51. The van der Waals surface area contributed by atoms with Crippen LogP contribution in [0.2, 0.25) is 0 Å². The minimum atomic E-state index is -0.364. The molecular weight excluding hydrogens is 314 g/mol. The lowest BCUT2D eigenvalue weighted by molar-refractivity contribution is -0.137. The third-order valence-corrected chi connectivity index (χ3v) is 4.40. The van der Waals surface area contributed by atoms with Gasteiger partial charge in [0.25, 0.3) is 0 Å². The molecule has 20 heavy (non-hydrogen) atoms. The van der Waals surface area contributed by atoms with Gasteiger partial charge >= 0.3 is 0 Å². The molecule has 3 rings (SSSR count). The molecule has 0 N–H and O–H groups in total. The standard InChI is InChI=1S/C17H16BrNO/c1-17(2)15(12-7-6-8-13(18)11-12)19(16(17)20)14-9-4-3-5-10-14/h3-11,15H,1-2H3. The number of halogens is 1. The summed E-state index contributed by atoms with van der Waals surface area (Å²) in [6, 6.07) is 18.1. The van der Waals surface area contributed by atoms with Crippen LogP contribution in [-0.2, 0) is 4.79 Å². The van der Waals surface area contributed by atoms with Gasteiger partial charge in [0.1, 0.15) is 0 Å². The van der Waals surface area contributed by atoms with Crippen LogP contribution in [0.4, 0.5) is 5.69 Å². The maximum Gasteiger partial charge on any atom is 0.235 e. The lowest BCUT2D eigenvalue weighted by Crippen LogP contribution is -2.61. The van der Waals surface area contributed by atoms with E-state index in [9.17, 15) is 4.79 Å². The van der Waals surface area contributed by atoms with Crippen LogP contribution in [0.5, 0.6) is 0 Å². The maximum atomic E-state index is 12.5. The van der Waals surface area contributed by atoms with Gasteiger partial charge in [-0.3, -0.25) is 4.79 Å². The molecule has 2 aromatic carbocycles. The van der Waals surface area contributed by atoms with Gasteiger partial charge in [0.05, 0.1) is 11.5 Å². The van der Waals surface area contributed by atoms with E-state index in [2.05, 4.69) is 28.1 Å². The Bertz CT molecular complexity index is 651. The first kappa shape index (κ1) is 13.4. The van der Waals surface area contributed by atoms with Crippen molar-refractivity contribution in [3.8, 4) is 0 Å². The van der Waals surface area contributed by atoms with Crippen molar-refractivity contribution in [2.24, 2.45) is 5.41 Å². The predicted molar refractivity (Wildman–Crippen MR) is 84.6 cm³/mol. The van der Waals surface area contributed by atoms with E-state index in [1.165, 1.54) is 0 Å². The molecule has 0 saturated carbocycles. The third kappa shape index (κ3) is 1.97. The highest BCUT2D eigenvalue weighted by molar-refractivity contribution is 9.10. The minimum Gasteiger partial charge on any atom is -0.303 e. The number of rotatable bonds is 2. The lowest BCUT2D eigenvalue weighted by Gasteiger charge is -2.53. The molecule has 102 valence electrons. The number of nitrogens with zero attached hydrogens (tertiary/aromatic N) is 1. The molecule has 0 aliphatic carbocycles. The van der Waals surface area contributed by atoms with Crippen LogP contribution < -0.4 is 4.90 Å². The fourth-order valence-corrected chi connectivity index (χ4v) is 3.32. The number of hydrogen-bond donors (Lipinski definition) is 0. The highest BCUT2D eigenvalue weighted by Gasteiger charge is 2.55. The molecule has 2 aromatic rings. The van der Waals surface area contributed by atoms with Crippen molar-refractivity contribution in [2.75, 3.05) is 4.90 Å². The first-order chi connectivity index (χ1) is 9.51. The molecule has 1 amide bonds. The fraction of sp³-hybridized carbons (Fsp3) is 0.235. The quantitative estimate of drug-likeness (QED) is 0.739. The molecule has 0 spiro atoms. The van der Waals surface area contributed by atoms with E-state index in [4.69, 9.17) is 0 Å².